The van der Waals surface area contributed by atoms with Crippen LogP contribution in [0.5, 0.6) is 0 Å². The van der Waals surface area contributed by atoms with Gasteiger partial charge in [-0.15, -0.1) is 0 Å². The molecule has 1 N–H and O–H groups in total. The van der Waals surface area contributed by atoms with Gasteiger partial charge < -0.3 is 4.57 Å². The van der Waals surface area contributed by atoms with Gasteiger partial charge in [0.2, 0.25) is 0 Å². The molecule has 0 aliphatic rings. The average Bonchev–Trinajstić information content (AvgIpc) is 2.58. The Hall–Kier alpha value is -0.400. The highest BCUT2D eigenvalue weighted by molar-refractivity contribution is 9.09. The van der Waals surface area contributed by atoms with Gasteiger partial charge in [0.15, 0.2) is 5.03 Å². The number of halogens is 1. The quantitative estimate of drug-likeness (QED) is 0.836. The number of alkyl halides is 1. The fraction of sp³-hybridized carbons (Fsp3) is 0.727. The lowest BCUT2D eigenvalue weighted by atomic mass is 10.0. The molecule has 104 valence electrons. The second-order valence-electron chi connectivity index (χ2n) is 4.86. The average molecular weight is 338 g/mol. The molecule has 0 bridgehead atoms. The fourth-order valence-corrected chi connectivity index (χ4v) is 3.17. The lowest BCUT2D eigenvalue weighted by molar-refractivity contribution is 0.452. The molecule has 18 heavy (non-hydrogen) atoms. The van der Waals surface area contributed by atoms with Gasteiger partial charge in [0.1, 0.15) is 5.82 Å². The molecular weight excluding hydrogens is 318 g/mol. The third-order valence-electron chi connectivity index (χ3n) is 2.96. The van der Waals surface area contributed by atoms with Crippen LogP contribution in [0.3, 0.4) is 0 Å². The van der Waals surface area contributed by atoms with Gasteiger partial charge >= 0.3 is 0 Å². The molecule has 0 amide bonds. The molecule has 0 aliphatic carbocycles. The van der Waals surface area contributed by atoms with Gasteiger partial charge in [-0.05, 0) is 27.7 Å². The highest BCUT2D eigenvalue weighted by atomic mass is 79.9. The van der Waals surface area contributed by atoms with Crippen LogP contribution in [0.2, 0.25) is 0 Å². The number of nitrogens with one attached hydrogen (secondary N) is 1. The number of rotatable bonds is 5. The Morgan fingerprint density at radius 1 is 1.56 bits per heavy atom. The molecular formula is C11H20BrN3O2S. The molecule has 0 saturated heterocycles. The van der Waals surface area contributed by atoms with Crippen LogP contribution in [0, 0.1) is 6.92 Å². The zero-order chi connectivity index (χ0) is 14.1. The van der Waals surface area contributed by atoms with E-state index in [9.17, 15) is 8.42 Å². The molecule has 5 nitrogen and oxygen atoms in total. The minimum atomic E-state index is -3.59. The minimum Gasteiger partial charge on any atom is -0.334 e. The van der Waals surface area contributed by atoms with Gasteiger partial charge in [0, 0.05) is 23.1 Å². The first-order valence-corrected chi connectivity index (χ1v) is 8.22. The van der Waals surface area contributed by atoms with E-state index in [0.717, 1.165) is 0 Å². The van der Waals surface area contributed by atoms with E-state index in [1.807, 2.05) is 27.7 Å². The smallest absolute Gasteiger partial charge is 0.260 e. The SMILES string of the molecule is CCn1cc(S(=O)(=O)NC(C)(C)C(C)Br)nc1C. The minimum absolute atomic E-state index is 0.00846. The first-order valence-electron chi connectivity index (χ1n) is 5.82. The zero-order valence-electron chi connectivity index (χ0n) is 11.4. The number of sulfonamides is 1. The Morgan fingerprint density at radius 2 is 2.11 bits per heavy atom. The first kappa shape index (κ1) is 15.7. The highest BCUT2D eigenvalue weighted by Crippen LogP contribution is 2.20. The summed E-state index contributed by atoms with van der Waals surface area (Å²) in [6.45, 7) is 10.00. The molecule has 0 spiro atoms. The van der Waals surface area contributed by atoms with Gasteiger partial charge in [-0.1, -0.05) is 22.9 Å². The Balaban J connectivity index is 3.07. The summed E-state index contributed by atoms with van der Waals surface area (Å²) in [5.41, 5.74) is -0.581. The van der Waals surface area contributed by atoms with Gasteiger partial charge in [-0.25, -0.2) is 18.1 Å². The molecule has 0 radical (unpaired) electrons. The van der Waals surface area contributed by atoms with Crippen molar-refractivity contribution in [2.24, 2.45) is 0 Å². The van der Waals surface area contributed by atoms with Crippen LogP contribution < -0.4 is 4.72 Å². The predicted molar refractivity (Wildman–Crippen MR) is 75.4 cm³/mol. The second kappa shape index (κ2) is 5.30. The summed E-state index contributed by atoms with van der Waals surface area (Å²) in [5.74, 6) is 0.697. The van der Waals surface area contributed by atoms with Crippen molar-refractivity contribution in [2.45, 2.75) is 56.6 Å². The zero-order valence-corrected chi connectivity index (χ0v) is 13.8. The largest absolute Gasteiger partial charge is 0.334 e. The second-order valence-corrected chi connectivity index (χ2v) is 7.86. The van der Waals surface area contributed by atoms with Crippen LogP contribution >= 0.6 is 15.9 Å². The molecule has 1 aromatic rings. The van der Waals surface area contributed by atoms with Gasteiger partial charge in [-0.3, -0.25) is 0 Å². The van der Waals surface area contributed by atoms with Crippen molar-refractivity contribution < 1.29 is 8.42 Å². The van der Waals surface area contributed by atoms with Crippen LogP contribution in [-0.2, 0) is 16.6 Å². The van der Waals surface area contributed by atoms with Crippen LogP contribution in [0.4, 0.5) is 0 Å². The summed E-state index contributed by atoms with van der Waals surface area (Å²) < 4.78 is 28.9. The summed E-state index contributed by atoms with van der Waals surface area (Å²) in [7, 11) is -3.59. The molecule has 1 heterocycles. The maximum absolute atomic E-state index is 12.2. The summed E-state index contributed by atoms with van der Waals surface area (Å²) >= 11 is 3.40. The molecule has 0 aliphatic heterocycles. The maximum Gasteiger partial charge on any atom is 0.260 e. The van der Waals surface area contributed by atoms with E-state index in [4.69, 9.17) is 0 Å². The first-order chi connectivity index (χ1) is 8.10. The lowest BCUT2D eigenvalue weighted by Gasteiger charge is -2.28. The topological polar surface area (TPSA) is 64.0 Å². The van der Waals surface area contributed by atoms with Crippen molar-refractivity contribution in [2.75, 3.05) is 0 Å². The highest BCUT2D eigenvalue weighted by Gasteiger charge is 2.31. The number of aryl methyl sites for hydroxylation is 2. The fourth-order valence-electron chi connectivity index (χ4n) is 1.41. The Bertz CT molecular complexity index is 520. The predicted octanol–water partition coefficient (Wildman–Crippen LogP) is 2.05. The standard InChI is InChI=1S/C11H20BrN3O2S/c1-6-15-7-10(13-9(15)3)18(16,17)14-11(4,5)8(2)12/h7-8,14H,6H2,1-5H3. The van der Waals surface area contributed by atoms with Crippen molar-refractivity contribution in [1.29, 1.82) is 0 Å². The Kier molecular flexibility index (Phi) is 4.61. The van der Waals surface area contributed by atoms with Crippen LogP contribution in [0.15, 0.2) is 11.2 Å². The third-order valence-corrected chi connectivity index (χ3v) is 5.65. The van der Waals surface area contributed by atoms with E-state index >= 15 is 0 Å². The number of nitrogens with zero attached hydrogens (tertiary/aromatic N) is 2. The summed E-state index contributed by atoms with van der Waals surface area (Å²) in [6.07, 6.45) is 1.56. The number of hydrogen-bond acceptors (Lipinski definition) is 3. The normalized spacial score (nSPS) is 14.8. The number of hydrogen-bond donors (Lipinski definition) is 1. The molecule has 0 aromatic carbocycles. The number of aromatic nitrogens is 2. The Morgan fingerprint density at radius 3 is 2.50 bits per heavy atom. The van der Waals surface area contributed by atoms with Crippen molar-refractivity contribution in [3.05, 3.63) is 12.0 Å². The van der Waals surface area contributed by atoms with Crippen molar-refractivity contribution in [3.63, 3.8) is 0 Å². The molecule has 1 rings (SSSR count). The van der Waals surface area contributed by atoms with Crippen LogP contribution in [0.1, 0.15) is 33.5 Å². The molecule has 1 atom stereocenters. The van der Waals surface area contributed by atoms with E-state index in [1.54, 1.807) is 17.7 Å². The van der Waals surface area contributed by atoms with Gasteiger partial charge in [0.05, 0.1) is 0 Å². The number of imidazole rings is 1. The van der Waals surface area contributed by atoms with Crippen molar-refractivity contribution in [3.8, 4) is 0 Å². The molecule has 1 unspecified atom stereocenters. The van der Waals surface area contributed by atoms with Gasteiger partial charge in [-0.2, -0.15) is 0 Å². The Labute approximate surface area is 117 Å². The molecule has 7 heteroatoms. The van der Waals surface area contributed by atoms with Crippen LogP contribution in [0.25, 0.3) is 0 Å². The molecule has 0 saturated carbocycles. The maximum atomic E-state index is 12.2. The van der Waals surface area contributed by atoms with Crippen molar-refractivity contribution in [1.82, 2.24) is 14.3 Å². The van der Waals surface area contributed by atoms with E-state index in [0.29, 0.717) is 12.4 Å². The monoisotopic (exact) mass is 337 g/mol. The lowest BCUT2D eigenvalue weighted by Crippen LogP contribution is -2.48. The third kappa shape index (κ3) is 3.33. The van der Waals surface area contributed by atoms with Crippen molar-refractivity contribution >= 4 is 26.0 Å². The molecule has 1 aromatic heterocycles. The van der Waals surface area contributed by atoms with Crippen LogP contribution in [-0.4, -0.2) is 28.3 Å². The van der Waals surface area contributed by atoms with E-state index in [2.05, 4.69) is 25.6 Å². The van der Waals surface area contributed by atoms with E-state index in [-0.39, 0.29) is 9.85 Å². The van der Waals surface area contributed by atoms with E-state index in [1.165, 1.54) is 0 Å². The van der Waals surface area contributed by atoms with Gasteiger partial charge in [0.25, 0.3) is 10.0 Å². The summed E-state index contributed by atoms with van der Waals surface area (Å²) in [5, 5.41) is 0.0723. The summed E-state index contributed by atoms with van der Waals surface area (Å²) in [4.78, 5) is 4.10. The molecule has 0 fully saturated rings. The van der Waals surface area contributed by atoms with E-state index < -0.39 is 15.6 Å². The summed E-state index contributed by atoms with van der Waals surface area (Å²) in [6, 6.07) is 0.